The molecule has 0 aliphatic heterocycles. The third-order valence-corrected chi connectivity index (χ3v) is 5.49. The Balaban J connectivity index is 4.62. The minimum atomic E-state index is -0.380. The van der Waals surface area contributed by atoms with Crippen LogP contribution in [-0.2, 0) is 4.79 Å². The molecule has 0 aromatic carbocycles. The van der Waals surface area contributed by atoms with E-state index in [-0.39, 0.29) is 29.1 Å². The summed E-state index contributed by atoms with van der Waals surface area (Å²) in [6, 6.07) is -0.658. The second-order valence-corrected chi connectivity index (χ2v) is 8.40. The Kier molecular flexibility index (Phi) is 12.2. The van der Waals surface area contributed by atoms with Crippen LogP contribution >= 0.6 is 0 Å². The van der Waals surface area contributed by atoms with Crippen LogP contribution < -0.4 is 16.0 Å². The maximum atomic E-state index is 11.5. The summed E-state index contributed by atoms with van der Waals surface area (Å²) in [5.74, 6) is 0.0373. The summed E-state index contributed by atoms with van der Waals surface area (Å²) >= 11 is 0. The number of carbonyl (C=O) groups is 1. The molecule has 2 unspecified atom stereocenters. The van der Waals surface area contributed by atoms with Crippen molar-refractivity contribution in [1.82, 2.24) is 20.9 Å². The molecule has 3 N–H and O–H groups in total. The van der Waals surface area contributed by atoms with Crippen molar-refractivity contribution in [3.05, 3.63) is 9.81 Å². The predicted octanol–water partition coefficient (Wildman–Crippen LogP) is 1.86. The van der Waals surface area contributed by atoms with Gasteiger partial charge in [0.15, 0.2) is 0 Å². The number of nitrogens with one attached hydrogen (secondary N) is 3. The molecule has 0 bridgehead atoms. The summed E-state index contributed by atoms with van der Waals surface area (Å²) in [5.41, 5.74) is -0.760. The minimum absolute atomic E-state index is 0.0373. The molecule has 2 atom stereocenters. The van der Waals surface area contributed by atoms with Gasteiger partial charge in [0, 0.05) is 56.8 Å². The van der Waals surface area contributed by atoms with E-state index in [0.717, 1.165) is 19.6 Å². The van der Waals surface area contributed by atoms with E-state index in [1.54, 1.807) is 13.8 Å². The Bertz CT molecular complexity index is 452. The first-order valence-corrected chi connectivity index (χ1v) is 10.1. The van der Waals surface area contributed by atoms with Gasteiger partial charge in [-0.1, -0.05) is 17.3 Å². The highest BCUT2D eigenvalue weighted by Crippen LogP contribution is 2.12. The average Bonchev–Trinajstić information content (AvgIpc) is 2.65. The Hall–Kier alpha value is -1.45. The highest BCUT2D eigenvalue weighted by atomic mass is 16.3. The Morgan fingerprint density at radius 3 is 1.61 bits per heavy atom. The molecule has 0 saturated heterocycles. The van der Waals surface area contributed by atoms with E-state index in [4.69, 9.17) is 0 Å². The zero-order valence-electron chi connectivity index (χ0n) is 18.7. The summed E-state index contributed by atoms with van der Waals surface area (Å²) in [5, 5.41) is 15.9. The molecule has 0 aliphatic rings. The fourth-order valence-electron chi connectivity index (χ4n) is 2.45. The normalized spacial score (nSPS) is 14.6. The molecule has 0 saturated carbocycles. The van der Waals surface area contributed by atoms with E-state index in [2.05, 4.69) is 31.2 Å². The lowest BCUT2D eigenvalue weighted by molar-refractivity contribution is -0.120. The van der Waals surface area contributed by atoms with Gasteiger partial charge in [-0.2, -0.15) is 9.81 Å². The number of hydrogen-bond donors (Lipinski definition) is 3. The minimum Gasteiger partial charge on any atom is -0.355 e. The van der Waals surface area contributed by atoms with Crippen LogP contribution in [0.4, 0.5) is 0 Å². The standard InChI is InChI=1S/C19H40N6O3/c1-8-17(26)20-9-12-25(13-10-21-18(4,5)15(2)23-27)14-11-22-19(6,7)16(3)24-28/h15-16,21-22H,8-14H2,1-7H3,(H,20,26). The van der Waals surface area contributed by atoms with Crippen molar-refractivity contribution in [2.75, 3.05) is 39.3 Å². The van der Waals surface area contributed by atoms with E-state index in [1.165, 1.54) is 0 Å². The van der Waals surface area contributed by atoms with Crippen LogP contribution in [0.25, 0.3) is 0 Å². The lowest BCUT2D eigenvalue weighted by Crippen LogP contribution is -2.52. The van der Waals surface area contributed by atoms with Gasteiger partial charge < -0.3 is 16.0 Å². The van der Waals surface area contributed by atoms with Crippen LogP contribution in [0.15, 0.2) is 10.4 Å². The maximum absolute atomic E-state index is 11.5. The first kappa shape index (κ1) is 26.6. The molecule has 28 heavy (non-hydrogen) atoms. The summed E-state index contributed by atoms with van der Waals surface area (Å²) in [6.45, 7) is 17.5. The predicted molar refractivity (Wildman–Crippen MR) is 114 cm³/mol. The van der Waals surface area contributed by atoms with Crippen LogP contribution in [-0.4, -0.2) is 73.2 Å². The maximum Gasteiger partial charge on any atom is 0.219 e. The molecule has 0 aliphatic carbocycles. The van der Waals surface area contributed by atoms with Gasteiger partial charge in [-0.25, -0.2) is 0 Å². The van der Waals surface area contributed by atoms with Crippen LogP contribution in [0.5, 0.6) is 0 Å². The summed E-state index contributed by atoms with van der Waals surface area (Å²) in [4.78, 5) is 35.3. The van der Waals surface area contributed by atoms with Crippen molar-refractivity contribution in [1.29, 1.82) is 0 Å². The number of carbonyl (C=O) groups excluding carboxylic acids is 1. The molecule has 1 amide bonds. The fourth-order valence-corrected chi connectivity index (χ4v) is 2.45. The molecule has 9 nitrogen and oxygen atoms in total. The van der Waals surface area contributed by atoms with Gasteiger partial charge in [-0.05, 0) is 41.5 Å². The van der Waals surface area contributed by atoms with Crippen LogP contribution in [0.3, 0.4) is 0 Å². The zero-order valence-corrected chi connectivity index (χ0v) is 18.7. The van der Waals surface area contributed by atoms with E-state index in [0.29, 0.717) is 26.1 Å². The van der Waals surface area contributed by atoms with Gasteiger partial charge in [-0.3, -0.25) is 9.69 Å². The zero-order chi connectivity index (χ0) is 21.8. The van der Waals surface area contributed by atoms with Gasteiger partial charge in [0.25, 0.3) is 0 Å². The largest absolute Gasteiger partial charge is 0.355 e. The highest BCUT2D eigenvalue weighted by molar-refractivity contribution is 5.75. The molecule has 9 heteroatoms. The van der Waals surface area contributed by atoms with Crippen molar-refractivity contribution in [3.8, 4) is 0 Å². The Morgan fingerprint density at radius 2 is 1.25 bits per heavy atom. The first-order chi connectivity index (χ1) is 13.0. The Morgan fingerprint density at radius 1 is 0.857 bits per heavy atom. The molecule has 0 fully saturated rings. The third kappa shape index (κ3) is 10.2. The average molecular weight is 401 g/mol. The Labute approximate surface area is 169 Å². The lowest BCUT2D eigenvalue weighted by Gasteiger charge is -2.32. The molecule has 0 aromatic heterocycles. The van der Waals surface area contributed by atoms with Crippen LogP contribution in [0, 0.1) is 9.81 Å². The van der Waals surface area contributed by atoms with E-state index in [1.807, 2.05) is 34.6 Å². The second-order valence-electron chi connectivity index (χ2n) is 8.40. The third-order valence-electron chi connectivity index (χ3n) is 5.49. The van der Waals surface area contributed by atoms with E-state index in [9.17, 15) is 14.6 Å². The topological polar surface area (TPSA) is 115 Å². The second kappa shape index (κ2) is 12.9. The van der Waals surface area contributed by atoms with Crippen molar-refractivity contribution in [3.63, 3.8) is 0 Å². The number of nitroso groups, excluding NO2 is 2. The van der Waals surface area contributed by atoms with Crippen molar-refractivity contribution in [2.45, 2.75) is 78.0 Å². The van der Waals surface area contributed by atoms with Crippen molar-refractivity contribution >= 4 is 5.91 Å². The van der Waals surface area contributed by atoms with Gasteiger partial charge >= 0.3 is 0 Å². The van der Waals surface area contributed by atoms with Gasteiger partial charge in [0.1, 0.15) is 12.1 Å². The highest BCUT2D eigenvalue weighted by Gasteiger charge is 2.27. The molecular weight excluding hydrogens is 360 g/mol. The van der Waals surface area contributed by atoms with Gasteiger partial charge in [0.2, 0.25) is 5.91 Å². The molecule has 0 spiro atoms. The molecule has 0 radical (unpaired) electrons. The molecular formula is C19H40N6O3. The smallest absolute Gasteiger partial charge is 0.219 e. The number of amides is 1. The van der Waals surface area contributed by atoms with Crippen LogP contribution in [0.2, 0.25) is 0 Å². The van der Waals surface area contributed by atoms with E-state index < -0.39 is 0 Å². The fraction of sp³-hybridized carbons (Fsp3) is 0.947. The van der Waals surface area contributed by atoms with E-state index >= 15 is 0 Å². The van der Waals surface area contributed by atoms with Crippen molar-refractivity contribution in [2.24, 2.45) is 10.4 Å². The summed E-state index contributed by atoms with van der Waals surface area (Å²) in [7, 11) is 0. The number of nitrogens with zero attached hydrogens (tertiary/aromatic N) is 3. The monoisotopic (exact) mass is 400 g/mol. The van der Waals surface area contributed by atoms with Crippen LogP contribution in [0.1, 0.15) is 54.9 Å². The number of rotatable bonds is 16. The molecule has 0 aromatic rings. The van der Waals surface area contributed by atoms with Gasteiger partial charge in [-0.15, -0.1) is 0 Å². The SMILES string of the molecule is CCC(=O)NCCN(CCNC(C)(C)C(C)N=O)CCNC(C)(C)C(C)N=O. The molecule has 0 heterocycles. The first-order valence-electron chi connectivity index (χ1n) is 10.1. The summed E-state index contributed by atoms with van der Waals surface area (Å²) < 4.78 is 0. The quantitative estimate of drug-likeness (QED) is 0.341. The van der Waals surface area contributed by atoms with Crippen molar-refractivity contribution < 1.29 is 4.79 Å². The number of hydrogen-bond acceptors (Lipinski definition) is 8. The van der Waals surface area contributed by atoms with Gasteiger partial charge in [0.05, 0.1) is 0 Å². The molecule has 0 rings (SSSR count). The summed E-state index contributed by atoms with van der Waals surface area (Å²) in [6.07, 6.45) is 0.471. The molecule has 164 valence electrons. The lowest BCUT2D eigenvalue weighted by atomic mass is 9.97.